The maximum absolute atomic E-state index is 12.0. The number of carbonyl (C=O) groups is 1. The second kappa shape index (κ2) is 7.31. The largest absolute Gasteiger partial charge is 0.336 e. The molecule has 0 fully saturated rings. The van der Waals surface area contributed by atoms with Crippen molar-refractivity contribution in [3.63, 3.8) is 0 Å². The van der Waals surface area contributed by atoms with Gasteiger partial charge in [-0.15, -0.1) is 0 Å². The number of carbonyl (C=O) groups excluding carboxylic acids is 1. The fourth-order valence-electron chi connectivity index (χ4n) is 2.21. The Morgan fingerprint density at radius 2 is 2.05 bits per heavy atom. The first-order valence-electron chi connectivity index (χ1n) is 7.45. The van der Waals surface area contributed by atoms with E-state index in [1.807, 2.05) is 25.6 Å². The molecule has 0 aromatic carbocycles. The van der Waals surface area contributed by atoms with Crippen molar-refractivity contribution in [3.8, 4) is 0 Å². The first-order chi connectivity index (χ1) is 9.40. The van der Waals surface area contributed by atoms with Crippen LogP contribution in [0.2, 0.25) is 0 Å². The van der Waals surface area contributed by atoms with Crippen molar-refractivity contribution in [1.82, 2.24) is 20.0 Å². The smallest absolute Gasteiger partial charge is 0.317 e. The lowest BCUT2D eigenvalue weighted by molar-refractivity contribution is 0.205. The van der Waals surface area contributed by atoms with Crippen molar-refractivity contribution in [2.75, 3.05) is 13.6 Å². The molecule has 114 valence electrons. The maximum atomic E-state index is 12.0. The van der Waals surface area contributed by atoms with Gasteiger partial charge in [0.25, 0.3) is 0 Å². The fourth-order valence-corrected chi connectivity index (χ4v) is 2.21. The zero-order valence-electron chi connectivity index (χ0n) is 13.7. The Morgan fingerprint density at radius 3 is 2.55 bits per heavy atom. The van der Waals surface area contributed by atoms with Gasteiger partial charge in [0.15, 0.2) is 0 Å². The molecule has 0 aliphatic rings. The van der Waals surface area contributed by atoms with Crippen LogP contribution >= 0.6 is 0 Å². The van der Waals surface area contributed by atoms with Crippen LogP contribution < -0.4 is 5.32 Å². The monoisotopic (exact) mass is 280 g/mol. The molecule has 0 spiro atoms. The first-order valence-corrected chi connectivity index (χ1v) is 7.45. The van der Waals surface area contributed by atoms with Crippen molar-refractivity contribution in [2.45, 2.75) is 60.0 Å². The van der Waals surface area contributed by atoms with Crippen molar-refractivity contribution in [3.05, 3.63) is 17.0 Å². The molecule has 1 N–H and O–H groups in total. The number of aryl methyl sites for hydroxylation is 2. The summed E-state index contributed by atoms with van der Waals surface area (Å²) in [5, 5.41) is 7.49. The highest BCUT2D eigenvalue weighted by molar-refractivity contribution is 5.74. The van der Waals surface area contributed by atoms with Crippen molar-refractivity contribution in [1.29, 1.82) is 0 Å². The molecule has 20 heavy (non-hydrogen) atoms. The predicted molar refractivity (Wildman–Crippen MR) is 82.0 cm³/mol. The number of hydrogen-bond donors (Lipinski definition) is 1. The molecule has 0 aliphatic heterocycles. The van der Waals surface area contributed by atoms with Crippen molar-refractivity contribution in [2.24, 2.45) is 0 Å². The highest BCUT2D eigenvalue weighted by atomic mass is 16.2. The minimum absolute atomic E-state index is 0.00228. The molecule has 1 aromatic rings. The Balaban J connectivity index is 2.59. The van der Waals surface area contributed by atoms with Crippen LogP contribution in [0, 0.1) is 13.8 Å². The highest BCUT2D eigenvalue weighted by Gasteiger charge is 2.14. The Morgan fingerprint density at radius 1 is 1.40 bits per heavy atom. The topological polar surface area (TPSA) is 50.2 Å². The Hall–Kier alpha value is -1.52. The van der Waals surface area contributed by atoms with Gasteiger partial charge in [0.05, 0.1) is 5.69 Å². The fraction of sp³-hybridized carbons (Fsp3) is 0.733. The van der Waals surface area contributed by atoms with Gasteiger partial charge in [-0.2, -0.15) is 5.10 Å². The molecule has 2 amide bonds. The second-order valence-corrected chi connectivity index (χ2v) is 5.40. The van der Waals surface area contributed by atoms with Gasteiger partial charge in [0.1, 0.15) is 0 Å². The average molecular weight is 280 g/mol. The first kappa shape index (κ1) is 16.5. The normalized spacial score (nSPS) is 12.3. The Labute approximate surface area is 122 Å². The molecule has 0 radical (unpaired) electrons. The summed E-state index contributed by atoms with van der Waals surface area (Å²) in [5.41, 5.74) is 3.54. The summed E-state index contributed by atoms with van der Waals surface area (Å²) >= 11 is 0. The van der Waals surface area contributed by atoms with E-state index < -0.39 is 0 Å². The van der Waals surface area contributed by atoms with Gasteiger partial charge in [0.2, 0.25) is 0 Å². The van der Waals surface area contributed by atoms with Gasteiger partial charge in [-0.1, -0.05) is 6.92 Å². The molecule has 0 aliphatic carbocycles. The lowest BCUT2D eigenvalue weighted by Gasteiger charge is -2.20. The van der Waals surface area contributed by atoms with Crippen molar-refractivity contribution >= 4 is 6.03 Å². The van der Waals surface area contributed by atoms with E-state index in [1.54, 1.807) is 4.90 Å². The zero-order valence-corrected chi connectivity index (χ0v) is 13.7. The summed E-state index contributed by atoms with van der Waals surface area (Å²) in [6.07, 6.45) is 1.79. The van der Waals surface area contributed by atoms with Crippen LogP contribution in [-0.2, 0) is 13.0 Å². The molecule has 5 nitrogen and oxygen atoms in total. The minimum atomic E-state index is -0.00228. The summed E-state index contributed by atoms with van der Waals surface area (Å²) in [6.45, 7) is 11.9. The van der Waals surface area contributed by atoms with Crippen molar-refractivity contribution < 1.29 is 4.79 Å². The van der Waals surface area contributed by atoms with Gasteiger partial charge < -0.3 is 10.2 Å². The number of aromatic nitrogens is 2. The van der Waals surface area contributed by atoms with Gasteiger partial charge in [-0.05, 0) is 46.1 Å². The molecule has 0 saturated carbocycles. The van der Waals surface area contributed by atoms with Crippen LogP contribution in [0.3, 0.4) is 0 Å². The second-order valence-electron chi connectivity index (χ2n) is 5.40. The number of nitrogens with zero attached hydrogens (tertiary/aromatic N) is 3. The summed E-state index contributed by atoms with van der Waals surface area (Å²) in [4.78, 5) is 13.7. The highest BCUT2D eigenvalue weighted by Crippen LogP contribution is 2.14. The Bertz CT molecular complexity index is 453. The number of urea groups is 1. The van der Waals surface area contributed by atoms with Crippen LogP contribution in [0.4, 0.5) is 4.79 Å². The van der Waals surface area contributed by atoms with Gasteiger partial charge >= 0.3 is 6.03 Å². The molecular formula is C15H28N4O. The molecule has 1 unspecified atom stereocenters. The van der Waals surface area contributed by atoms with Gasteiger partial charge in [-0.25, -0.2) is 4.79 Å². The SMILES string of the molecule is CCC(C)NC(=O)N(C)CCc1c(C)nn(CC)c1C. The number of likely N-dealkylation sites (N-methyl/N-ethyl adjacent to an activating group) is 1. The van der Waals surface area contributed by atoms with E-state index in [4.69, 9.17) is 0 Å². The summed E-state index contributed by atoms with van der Waals surface area (Å²) in [6, 6.07) is 0.216. The van der Waals surface area contributed by atoms with E-state index in [9.17, 15) is 4.79 Å². The van der Waals surface area contributed by atoms with Crippen LogP contribution in [0.25, 0.3) is 0 Å². The van der Waals surface area contributed by atoms with Crippen LogP contribution in [0.15, 0.2) is 0 Å². The summed E-state index contributed by atoms with van der Waals surface area (Å²) in [7, 11) is 1.84. The van der Waals surface area contributed by atoms with E-state index in [0.29, 0.717) is 6.54 Å². The van der Waals surface area contributed by atoms with Crippen LogP contribution in [-0.4, -0.2) is 40.3 Å². The third-order valence-corrected chi connectivity index (χ3v) is 3.86. The molecule has 5 heteroatoms. The molecule has 1 rings (SSSR count). The Kier molecular flexibility index (Phi) is 6.05. The minimum Gasteiger partial charge on any atom is -0.336 e. The van der Waals surface area contributed by atoms with Crippen LogP contribution in [0.1, 0.15) is 44.1 Å². The number of rotatable bonds is 6. The van der Waals surface area contributed by atoms with E-state index in [1.165, 1.54) is 11.3 Å². The number of amides is 2. The third-order valence-electron chi connectivity index (χ3n) is 3.86. The van der Waals surface area contributed by atoms with E-state index in [0.717, 1.165) is 25.1 Å². The maximum Gasteiger partial charge on any atom is 0.317 e. The van der Waals surface area contributed by atoms with E-state index in [2.05, 4.69) is 31.2 Å². The lowest BCUT2D eigenvalue weighted by atomic mass is 10.1. The third kappa shape index (κ3) is 3.99. The van der Waals surface area contributed by atoms with Gasteiger partial charge in [0, 0.05) is 31.9 Å². The summed E-state index contributed by atoms with van der Waals surface area (Å²) < 4.78 is 2.02. The predicted octanol–water partition coefficient (Wildman–Crippen LogP) is 2.50. The molecule has 1 atom stereocenters. The van der Waals surface area contributed by atoms with Gasteiger partial charge in [-0.3, -0.25) is 4.68 Å². The number of nitrogens with one attached hydrogen (secondary N) is 1. The molecule has 1 aromatic heterocycles. The average Bonchev–Trinajstić information content (AvgIpc) is 2.70. The molecule has 0 saturated heterocycles. The number of hydrogen-bond acceptors (Lipinski definition) is 2. The van der Waals surface area contributed by atoms with Crippen LogP contribution in [0.5, 0.6) is 0 Å². The van der Waals surface area contributed by atoms with E-state index in [-0.39, 0.29) is 12.1 Å². The standard InChI is InChI=1S/C15H28N4O/c1-7-11(3)16-15(20)18(6)10-9-14-12(4)17-19(8-2)13(14)5/h11H,7-10H2,1-6H3,(H,16,20). The molecule has 0 bridgehead atoms. The lowest BCUT2D eigenvalue weighted by Crippen LogP contribution is -2.42. The summed E-state index contributed by atoms with van der Waals surface area (Å²) in [5.74, 6) is 0. The molecule has 1 heterocycles. The van der Waals surface area contributed by atoms with E-state index >= 15 is 0 Å². The zero-order chi connectivity index (χ0) is 15.3. The molecular weight excluding hydrogens is 252 g/mol. The quantitative estimate of drug-likeness (QED) is 0.870.